The minimum Gasteiger partial charge on any atom is -0.355 e. The third-order valence-corrected chi connectivity index (χ3v) is 5.66. The lowest BCUT2D eigenvalue weighted by Gasteiger charge is -2.31. The van der Waals surface area contributed by atoms with Crippen LogP contribution in [0.5, 0.6) is 0 Å². The number of nitrogens with one attached hydrogen (secondary N) is 1. The van der Waals surface area contributed by atoms with Crippen LogP contribution in [0.15, 0.2) is 36.4 Å². The van der Waals surface area contributed by atoms with E-state index in [9.17, 15) is 9.59 Å². The summed E-state index contributed by atoms with van der Waals surface area (Å²) in [7, 11) is 0. The molecule has 2 aromatic rings. The molecule has 0 saturated heterocycles. The zero-order valence-electron chi connectivity index (χ0n) is 17.4. The molecular weight excluding hydrogens is 407 g/mol. The van der Waals surface area contributed by atoms with Crippen LogP contribution < -0.4 is 5.32 Å². The average molecular weight is 435 g/mol. The number of aryl methyl sites for hydroxylation is 2. The van der Waals surface area contributed by atoms with Gasteiger partial charge in [0.1, 0.15) is 6.04 Å². The van der Waals surface area contributed by atoms with E-state index in [-0.39, 0.29) is 24.8 Å². The molecule has 0 heterocycles. The van der Waals surface area contributed by atoms with Crippen LogP contribution in [0.1, 0.15) is 42.5 Å². The summed E-state index contributed by atoms with van der Waals surface area (Å²) in [6, 6.07) is 10.8. The number of carbonyl (C=O) groups is 2. The van der Waals surface area contributed by atoms with E-state index in [2.05, 4.69) is 5.32 Å². The molecule has 0 saturated carbocycles. The number of hydrogen-bond acceptors (Lipinski definition) is 2. The third-order valence-electron chi connectivity index (χ3n) is 4.92. The highest BCUT2D eigenvalue weighted by Crippen LogP contribution is 2.24. The molecule has 4 nitrogen and oxygen atoms in total. The topological polar surface area (TPSA) is 49.4 Å². The van der Waals surface area contributed by atoms with E-state index >= 15 is 0 Å². The highest BCUT2D eigenvalue weighted by molar-refractivity contribution is 6.42. The quantitative estimate of drug-likeness (QED) is 0.628. The standard InChI is InChI=1S/C23H28Cl2N2O2/c1-5-21(23(29)26-6-2)27(14-17-9-10-19(24)20(25)12-17)22(28)13-18-11-15(3)7-8-16(18)4/h7-12,21H,5-6,13-14H2,1-4H3,(H,26,29). The highest BCUT2D eigenvalue weighted by Gasteiger charge is 2.28. The van der Waals surface area contributed by atoms with E-state index in [0.717, 1.165) is 22.3 Å². The maximum absolute atomic E-state index is 13.3. The fourth-order valence-corrected chi connectivity index (χ4v) is 3.62. The molecule has 0 spiro atoms. The summed E-state index contributed by atoms with van der Waals surface area (Å²) in [6.45, 7) is 8.58. The van der Waals surface area contributed by atoms with Crippen LogP contribution in [-0.4, -0.2) is 29.3 Å². The van der Waals surface area contributed by atoms with Crippen molar-refractivity contribution in [3.8, 4) is 0 Å². The van der Waals surface area contributed by atoms with Crippen LogP contribution in [0.25, 0.3) is 0 Å². The normalized spacial score (nSPS) is 11.8. The van der Waals surface area contributed by atoms with Crippen LogP contribution in [0.3, 0.4) is 0 Å². The van der Waals surface area contributed by atoms with Crippen molar-refractivity contribution in [1.82, 2.24) is 10.2 Å². The van der Waals surface area contributed by atoms with Crippen molar-refractivity contribution in [2.45, 2.75) is 53.1 Å². The summed E-state index contributed by atoms with van der Waals surface area (Å²) in [4.78, 5) is 27.6. The van der Waals surface area contributed by atoms with Gasteiger partial charge in [0.15, 0.2) is 0 Å². The Bertz CT molecular complexity index is 883. The first-order valence-corrected chi connectivity index (χ1v) is 10.6. The van der Waals surface area contributed by atoms with Crippen molar-refractivity contribution in [1.29, 1.82) is 0 Å². The minimum absolute atomic E-state index is 0.0946. The van der Waals surface area contributed by atoms with Crippen molar-refractivity contribution in [3.63, 3.8) is 0 Å². The van der Waals surface area contributed by atoms with Gasteiger partial charge in [-0.25, -0.2) is 0 Å². The molecule has 0 radical (unpaired) electrons. The number of rotatable bonds is 8. The molecule has 29 heavy (non-hydrogen) atoms. The molecule has 2 rings (SSSR count). The molecule has 1 unspecified atom stereocenters. The van der Waals surface area contributed by atoms with Gasteiger partial charge < -0.3 is 10.2 Å². The summed E-state index contributed by atoms with van der Waals surface area (Å²) < 4.78 is 0. The SMILES string of the molecule is CCNC(=O)C(CC)N(Cc1ccc(Cl)c(Cl)c1)C(=O)Cc1cc(C)ccc1C. The van der Waals surface area contributed by atoms with Crippen molar-refractivity contribution < 1.29 is 9.59 Å². The monoisotopic (exact) mass is 434 g/mol. The largest absolute Gasteiger partial charge is 0.355 e. The Morgan fingerprint density at radius 2 is 1.76 bits per heavy atom. The third kappa shape index (κ3) is 6.22. The predicted molar refractivity (Wildman–Crippen MR) is 119 cm³/mol. The van der Waals surface area contributed by atoms with E-state index in [0.29, 0.717) is 23.0 Å². The van der Waals surface area contributed by atoms with Gasteiger partial charge in [-0.3, -0.25) is 9.59 Å². The van der Waals surface area contributed by atoms with Gasteiger partial charge in [0.05, 0.1) is 16.5 Å². The number of hydrogen-bond donors (Lipinski definition) is 1. The predicted octanol–water partition coefficient (Wildman–Crippen LogP) is 5.10. The fourth-order valence-electron chi connectivity index (χ4n) is 3.30. The molecule has 2 aromatic carbocycles. The second-order valence-electron chi connectivity index (χ2n) is 7.20. The van der Waals surface area contributed by atoms with E-state index < -0.39 is 6.04 Å². The van der Waals surface area contributed by atoms with Gasteiger partial charge in [0, 0.05) is 13.1 Å². The first-order chi connectivity index (χ1) is 13.8. The van der Waals surface area contributed by atoms with Crippen LogP contribution in [0.4, 0.5) is 0 Å². The Labute approximate surface area is 183 Å². The summed E-state index contributed by atoms with van der Waals surface area (Å²) >= 11 is 12.2. The second-order valence-corrected chi connectivity index (χ2v) is 8.01. The van der Waals surface area contributed by atoms with E-state index in [1.54, 1.807) is 17.0 Å². The molecule has 2 amide bonds. The highest BCUT2D eigenvalue weighted by atomic mass is 35.5. The average Bonchev–Trinajstić information content (AvgIpc) is 2.67. The fraction of sp³-hybridized carbons (Fsp3) is 0.391. The lowest BCUT2D eigenvalue weighted by Crippen LogP contribution is -2.49. The molecule has 6 heteroatoms. The second kappa shape index (κ2) is 10.7. The molecule has 0 aromatic heterocycles. The summed E-state index contributed by atoms with van der Waals surface area (Å²) in [5.74, 6) is -0.243. The molecule has 1 N–H and O–H groups in total. The first kappa shape index (κ1) is 23.2. The lowest BCUT2D eigenvalue weighted by molar-refractivity contribution is -0.140. The lowest BCUT2D eigenvalue weighted by atomic mass is 10.0. The van der Waals surface area contributed by atoms with Crippen LogP contribution >= 0.6 is 23.2 Å². The van der Waals surface area contributed by atoms with Gasteiger partial charge in [0.25, 0.3) is 0 Å². The number of halogens is 2. The summed E-state index contributed by atoms with van der Waals surface area (Å²) in [5.41, 5.74) is 3.96. The number of benzene rings is 2. The molecule has 0 fully saturated rings. The number of nitrogens with zero attached hydrogens (tertiary/aromatic N) is 1. The summed E-state index contributed by atoms with van der Waals surface area (Å²) in [6.07, 6.45) is 0.760. The van der Waals surface area contributed by atoms with Gasteiger partial charge in [0.2, 0.25) is 11.8 Å². The maximum Gasteiger partial charge on any atom is 0.242 e. The Balaban J connectivity index is 2.36. The molecule has 0 aliphatic heterocycles. The molecule has 0 bridgehead atoms. The Kier molecular flexibility index (Phi) is 8.54. The van der Waals surface area contributed by atoms with Crippen molar-refractivity contribution in [2.75, 3.05) is 6.54 Å². The molecular formula is C23H28Cl2N2O2. The van der Waals surface area contributed by atoms with E-state index in [4.69, 9.17) is 23.2 Å². The molecule has 0 aliphatic carbocycles. The number of likely N-dealkylation sites (N-methyl/N-ethyl adjacent to an activating group) is 1. The van der Waals surface area contributed by atoms with Gasteiger partial charge >= 0.3 is 0 Å². The zero-order valence-corrected chi connectivity index (χ0v) is 18.9. The van der Waals surface area contributed by atoms with Crippen molar-refractivity contribution in [3.05, 3.63) is 68.7 Å². The van der Waals surface area contributed by atoms with Crippen LogP contribution in [-0.2, 0) is 22.6 Å². The Morgan fingerprint density at radius 3 is 2.38 bits per heavy atom. The number of amides is 2. The van der Waals surface area contributed by atoms with Crippen molar-refractivity contribution in [2.24, 2.45) is 0 Å². The maximum atomic E-state index is 13.3. The van der Waals surface area contributed by atoms with Gasteiger partial charge in [-0.05, 0) is 56.0 Å². The van der Waals surface area contributed by atoms with Gasteiger partial charge in [-0.15, -0.1) is 0 Å². The number of carbonyl (C=O) groups excluding carboxylic acids is 2. The van der Waals surface area contributed by atoms with Crippen molar-refractivity contribution >= 4 is 35.0 Å². The van der Waals surface area contributed by atoms with Gasteiger partial charge in [-0.2, -0.15) is 0 Å². The molecule has 1 atom stereocenters. The van der Waals surface area contributed by atoms with Crippen LogP contribution in [0.2, 0.25) is 10.0 Å². The Hall–Kier alpha value is -2.04. The van der Waals surface area contributed by atoms with Gasteiger partial charge in [-0.1, -0.05) is 60.0 Å². The Morgan fingerprint density at radius 1 is 1.03 bits per heavy atom. The zero-order chi connectivity index (χ0) is 21.6. The van der Waals surface area contributed by atoms with Crippen LogP contribution in [0, 0.1) is 13.8 Å². The molecule has 156 valence electrons. The smallest absolute Gasteiger partial charge is 0.242 e. The summed E-state index contributed by atoms with van der Waals surface area (Å²) in [5, 5.41) is 3.73. The van der Waals surface area contributed by atoms with E-state index in [1.165, 1.54) is 0 Å². The minimum atomic E-state index is -0.554. The molecule has 0 aliphatic rings. The van der Waals surface area contributed by atoms with E-state index in [1.807, 2.05) is 52.0 Å². The first-order valence-electron chi connectivity index (χ1n) is 9.84.